The molecule has 10 nitrogen and oxygen atoms in total. The lowest BCUT2D eigenvalue weighted by molar-refractivity contribution is -0.387. The van der Waals surface area contributed by atoms with E-state index in [2.05, 4.69) is 34.5 Å². The van der Waals surface area contributed by atoms with Gasteiger partial charge in [-0.15, -0.1) is 0 Å². The molecule has 1 aliphatic heterocycles. The number of nitro groups is 1. The molecule has 11 heteroatoms. The number of piperazine rings is 1. The molecule has 1 N–H and O–H groups in total. The van der Waals surface area contributed by atoms with Crippen molar-refractivity contribution in [2.75, 3.05) is 43.9 Å². The first kappa shape index (κ1) is 24.2. The van der Waals surface area contributed by atoms with Gasteiger partial charge in [0.05, 0.1) is 4.92 Å². The first-order valence-electron chi connectivity index (χ1n) is 10.4. The molecule has 33 heavy (non-hydrogen) atoms. The minimum absolute atomic E-state index is 0.0479. The van der Waals surface area contributed by atoms with E-state index in [0.717, 1.165) is 37.2 Å². The van der Waals surface area contributed by atoms with E-state index < -0.39 is 31.3 Å². The number of rotatable bonds is 7. The zero-order chi connectivity index (χ0) is 24.2. The predicted molar refractivity (Wildman–Crippen MR) is 123 cm³/mol. The number of hydrogen-bond acceptors (Lipinski definition) is 7. The molecule has 0 spiro atoms. The van der Waals surface area contributed by atoms with E-state index in [1.807, 2.05) is 6.92 Å². The monoisotopic (exact) mass is 474 g/mol. The summed E-state index contributed by atoms with van der Waals surface area (Å²) in [6.07, 6.45) is 0.959. The van der Waals surface area contributed by atoms with Crippen LogP contribution in [0, 0.1) is 17.0 Å². The van der Waals surface area contributed by atoms with Crippen LogP contribution in [-0.4, -0.2) is 69.0 Å². The van der Waals surface area contributed by atoms with Gasteiger partial charge in [-0.25, -0.2) is 8.42 Å². The van der Waals surface area contributed by atoms with E-state index in [0.29, 0.717) is 13.1 Å². The average molecular weight is 475 g/mol. The molecule has 176 valence electrons. The number of aryl methyl sites for hydroxylation is 1. The Morgan fingerprint density at radius 1 is 1.06 bits per heavy atom. The summed E-state index contributed by atoms with van der Waals surface area (Å²) in [5.74, 6) is -0.701. The van der Waals surface area contributed by atoms with Crippen LogP contribution in [-0.2, 0) is 14.6 Å². The fourth-order valence-electron chi connectivity index (χ4n) is 3.63. The van der Waals surface area contributed by atoms with Gasteiger partial charge in [-0.3, -0.25) is 19.7 Å². The summed E-state index contributed by atoms with van der Waals surface area (Å²) in [5, 5.41) is 13.8. The van der Waals surface area contributed by atoms with Crippen LogP contribution >= 0.6 is 0 Å². The molecule has 0 saturated carbocycles. The quantitative estimate of drug-likeness (QED) is 0.478. The van der Waals surface area contributed by atoms with E-state index in [9.17, 15) is 28.1 Å². The van der Waals surface area contributed by atoms with Crippen molar-refractivity contribution in [3.05, 3.63) is 63.7 Å². The molecule has 1 aliphatic rings. The molecular weight excluding hydrogens is 448 g/mol. The van der Waals surface area contributed by atoms with Gasteiger partial charge in [0, 0.05) is 62.7 Å². The van der Waals surface area contributed by atoms with Gasteiger partial charge in [0.2, 0.25) is 5.91 Å². The van der Waals surface area contributed by atoms with Crippen molar-refractivity contribution in [2.45, 2.75) is 18.2 Å². The van der Waals surface area contributed by atoms with E-state index in [1.165, 1.54) is 11.6 Å². The predicted octanol–water partition coefficient (Wildman–Crippen LogP) is 1.78. The number of carbonyl (C=O) groups excluding carboxylic acids is 2. The Labute approximate surface area is 192 Å². The number of carbonyl (C=O) groups is 2. The standard InChI is InChI=1S/C22H26N4O6S/c1-16-3-6-18(7-4-16)24-11-13-25(14-12-24)21(27)9-10-23-22(28)17-5-8-20(33(2,31)32)19(15-17)26(29)30/h3-8,15H,9-14H2,1-2H3,(H,23,28). The number of nitro benzene ring substituents is 1. The molecule has 0 aromatic heterocycles. The van der Waals surface area contributed by atoms with E-state index in [-0.39, 0.29) is 24.4 Å². The van der Waals surface area contributed by atoms with Gasteiger partial charge in [0.15, 0.2) is 9.84 Å². The molecule has 2 aromatic rings. The molecule has 3 rings (SSSR count). The molecular formula is C22H26N4O6S. The zero-order valence-corrected chi connectivity index (χ0v) is 19.3. The van der Waals surface area contributed by atoms with Crippen LogP contribution in [0.4, 0.5) is 11.4 Å². The number of amides is 2. The summed E-state index contributed by atoms with van der Waals surface area (Å²) < 4.78 is 23.4. The Kier molecular flexibility index (Phi) is 7.32. The molecule has 0 unspecified atom stereocenters. The lowest BCUT2D eigenvalue weighted by atomic mass is 10.2. The van der Waals surface area contributed by atoms with Crippen LogP contribution in [0.3, 0.4) is 0 Å². The van der Waals surface area contributed by atoms with Crippen LogP contribution in [0.15, 0.2) is 47.4 Å². The summed E-state index contributed by atoms with van der Waals surface area (Å²) in [5.41, 5.74) is 1.60. The Morgan fingerprint density at radius 3 is 2.27 bits per heavy atom. The molecule has 0 bridgehead atoms. The number of hydrogen-bond donors (Lipinski definition) is 1. The molecule has 0 aliphatic carbocycles. The highest BCUT2D eigenvalue weighted by Crippen LogP contribution is 2.25. The van der Waals surface area contributed by atoms with Crippen LogP contribution in [0.5, 0.6) is 0 Å². The SMILES string of the molecule is Cc1ccc(N2CCN(C(=O)CCNC(=O)c3ccc(S(C)(=O)=O)c([N+](=O)[O-])c3)CC2)cc1. The van der Waals surface area contributed by atoms with Crippen molar-refractivity contribution in [3.8, 4) is 0 Å². The van der Waals surface area contributed by atoms with E-state index in [4.69, 9.17) is 0 Å². The van der Waals surface area contributed by atoms with Gasteiger partial charge in [0.1, 0.15) is 4.90 Å². The summed E-state index contributed by atoms with van der Waals surface area (Å²) in [6.45, 7) is 4.71. The summed E-state index contributed by atoms with van der Waals surface area (Å²) >= 11 is 0. The van der Waals surface area contributed by atoms with Gasteiger partial charge < -0.3 is 15.1 Å². The first-order chi connectivity index (χ1) is 15.6. The smallest absolute Gasteiger partial charge is 0.288 e. The van der Waals surface area contributed by atoms with Gasteiger partial charge >= 0.3 is 0 Å². The Bertz CT molecular complexity index is 1160. The molecule has 1 fully saturated rings. The number of anilines is 1. The topological polar surface area (TPSA) is 130 Å². The Balaban J connectivity index is 1.51. The second-order valence-electron chi connectivity index (χ2n) is 7.92. The summed E-state index contributed by atoms with van der Waals surface area (Å²) in [4.78, 5) is 38.7. The largest absolute Gasteiger partial charge is 0.368 e. The van der Waals surface area contributed by atoms with Crippen LogP contribution in [0.25, 0.3) is 0 Å². The van der Waals surface area contributed by atoms with Gasteiger partial charge in [-0.2, -0.15) is 0 Å². The van der Waals surface area contributed by atoms with Crippen molar-refractivity contribution in [1.82, 2.24) is 10.2 Å². The average Bonchev–Trinajstić information content (AvgIpc) is 2.78. The normalized spacial score (nSPS) is 14.1. The number of nitrogens with one attached hydrogen (secondary N) is 1. The lowest BCUT2D eigenvalue weighted by Crippen LogP contribution is -2.49. The Hall–Kier alpha value is -3.47. The van der Waals surface area contributed by atoms with Crippen molar-refractivity contribution in [2.24, 2.45) is 0 Å². The number of nitrogens with zero attached hydrogens (tertiary/aromatic N) is 3. The fourth-order valence-corrected chi connectivity index (χ4v) is 4.46. The first-order valence-corrected chi connectivity index (χ1v) is 12.3. The van der Waals surface area contributed by atoms with Crippen LogP contribution < -0.4 is 10.2 Å². The highest BCUT2D eigenvalue weighted by atomic mass is 32.2. The lowest BCUT2D eigenvalue weighted by Gasteiger charge is -2.36. The van der Waals surface area contributed by atoms with Crippen LogP contribution in [0.2, 0.25) is 0 Å². The molecule has 2 amide bonds. The van der Waals surface area contributed by atoms with Gasteiger partial charge in [-0.05, 0) is 31.2 Å². The van der Waals surface area contributed by atoms with Crippen LogP contribution in [0.1, 0.15) is 22.3 Å². The molecule has 1 saturated heterocycles. The van der Waals surface area contributed by atoms with Gasteiger partial charge in [0.25, 0.3) is 11.6 Å². The summed E-state index contributed by atoms with van der Waals surface area (Å²) in [7, 11) is -3.81. The zero-order valence-electron chi connectivity index (χ0n) is 18.5. The van der Waals surface area contributed by atoms with Crippen molar-refractivity contribution in [1.29, 1.82) is 0 Å². The van der Waals surface area contributed by atoms with E-state index >= 15 is 0 Å². The third kappa shape index (κ3) is 6.07. The maximum atomic E-state index is 12.5. The maximum Gasteiger partial charge on any atom is 0.288 e. The fraction of sp³-hybridized carbons (Fsp3) is 0.364. The third-order valence-corrected chi connectivity index (χ3v) is 6.62. The van der Waals surface area contributed by atoms with Crippen molar-refractivity contribution >= 4 is 33.0 Å². The number of sulfone groups is 1. The molecule has 0 atom stereocenters. The third-order valence-electron chi connectivity index (χ3n) is 5.47. The highest BCUT2D eigenvalue weighted by molar-refractivity contribution is 7.90. The minimum Gasteiger partial charge on any atom is -0.368 e. The maximum absolute atomic E-state index is 12.5. The number of benzene rings is 2. The van der Waals surface area contributed by atoms with Crippen molar-refractivity contribution in [3.63, 3.8) is 0 Å². The second-order valence-corrected chi connectivity index (χ2v) is 9.91. The second kappa shape index (κ2) is 9.99. The molecule has 0 radical (unpaired) electrons. The highest BCUT2D eigenvalue weighted by Gasteiger charge is 2.24. The van der Waals surface area contributed by atoms with Gasteiger partial charge in [-0.1, -0.05) is 17.7 Å². The van der Waals surface area contributed by atoms with Crippen molar-refractivity contribution < 1.29 is 22.9 Å². The molecule has 2 aromatic carbocycles. The minimum atomic E-state index is -3.81. The molecule has 1 heterocycles. The Morgan fingerprint density at radius 2 is 1.70 bits per heavy atom. The summed E-state index contributed by atoms with van der Waals surface area (Å²) in [6, 6.07) is 11.4. The van der Waals surface area contributed by atoms with E-state index in [1.54, 1.807) is 4.90 Å².